The molecule has 0 aliphatic carbocycles. The Morgan fingerprint density at radius 2 is 2.12 bits per heavy atom. The highest BCUT2D eigenvalue weighted by molar-refractivity contribution is 6.32. The number of halogens is 2. The molecule has 3 aromatic rings. The number of carbonyl (C=O) groups is 1. The van der Waals surface area contributed by atoms with Crippen LogP contribution in [-0.4, -0.2) is 53.4 Å². The van der Waals surface area contributed by atoms with E-state index >= 15 is 0 Å². The minimum atomic E-state index is -0.798. The minimum Gasteiger partial charge on any atom is -0.478 e. The number of amides is 1. The van der Waals surface area contributed by atoms with Crippen LogP contribution >= 0.6 is 11.6 Å². The predicted molar refractivity (Wildman–Crippen MR) is 130 cm³/mol. The standard InChI is InChI=1S/C23H26ClFN6O3/c1-26-20(32)13-34-19-11-14-10-16(5-6-18(14)30(2)22(19)33)28-21-17(24)12-27-23(29-21)31-8-3-4-15(25)7-9-31/h5-6,10-12,15H,3-4,7-9,13H2,1-2H3,(H,26,32)(H,27,28,29). The van der Waals surface area contributed by atoms with Crippen molar-refractivity contribution in [2.45, 2.75) is 25.4 Å². The summed E-state index contributed by atoms with van der Waals surface area (Å²) in [5.74, 6) is 0.658. The number of hydrogen-bond donors (Lipinski definition) is 2. The molecule has 1 fully saturated rings. The van der Waals surface area contributed by atoms with Gasteiger partial charge < -0.3 is 24.8 Å². The van der Waals surface area contributed by atoms with E-state index in [0.717, 1.165) is 11.8 Å². The summed E-state index contributed by atoms with van der Waals surface area (Å²) in [5.41, 5.74) is 1.05. The van der Waals surface area contributed by atoms with Gasteiger partial charge in [0, 0.05) is 38.3 Å². The maximum Gasteiger partial charge on any atom is 0.293 e. The molecule has 0 saturated carbocycles. The van der Waals surface area contributed by atoms with Crippen LogP contribution in [-0.2, 0) is 11.8 Å². The maximum absolute atomic E-state index is 13.7. The second-order valence-corrected chi connectivity index (χ2v) is 8.52. The molecule has 180 valence electrons. The monoisotopic (exact) mass is 488 g/mol. The molecule has 1 aliphatic rings. The molecule has 4 rings (SSSR count). The molecule has 34 heavy (non-hydrogen) atoms. The van der Waals surface area contributed by atoms with E-state index in [2.05, 4.69) is 20.6 Å². The molecule has 9 nitrogen and oxygen atoms in total. The summed E-state index contributed by atoms with van der Waals surface area (Å²) in [6.07, 6.45) is 2.46. The van der Waals surface area contributed by atoms with Crippen LogP contribution in [0.15, 0.2) is 35.3 Å². The average Bonchev–Trinajstić information content (AvgIpc) is 3.06. The molecule has 11 heteroatoms. The van der Waals surface area contributed by atoms with Crippen molar-refractivity contribution >= 4 is 45.9 Å². The van der Waals surface area contributed by atoms with Crippen molar-refractivity contribution in [2.75, 3.05) is 37.0 Å². The minimum absolute atomic E-state index is 0.0745. The number of nitrogens with one attached hydrogen (secondary N) is 2. The number of anilines is 3. The van der Waals surface area contributed by atoms with Crippen molar-refractivity contribution < 1.29 is 13.9 Å². The molecular weight excluding hydrogens is 463 g/mol. The summed E-state index contributed by atoms with van der Waals surface area (Å²) in [6.45, 7) is 0.976. The fourth-order valence-corrected chi connectivity index (χ4v) is 3.98. The SMILES string of the molecule is CNC(=O)COc1cc2cc(Nc3nc(N4CCCC(F)CC4)ncc3Cl)ccc2n(C)c1=O. The van der Waals surface area contributed by atoms with Gasteiger partial charge in [0.2, 0.25) is 5.95 Å². The highest BCUT2D eigenvalue weighted by Gasteiger charge is 2.19. The van der Waals surface area contributed by atoms with Crippen LogP contribution in [0.25, 0.3) is 10.9 Å². The Morgan fingerprint density at radius 3 is 2.91 bits per heavy atom. The zero-order valence-corrected chi connectivity index (χ0v) is 19.7. The lowest BCUT2D eigenvalue weighted by Gasteiger charge is -2.21. The summed E-state index contributed by atoms with van der Waals surface area (Å²) in [6, 6.07) is 7.04. The fourth-order valence-electron chi connectivity index (χ4n) is 3.84. The number of nitrogens with zero attached hydrogens (tertiary/aromatic N) is 4. The molecule has 1 saturated heterocycles. The van der Waals surface area contributed by atoms with Crippen LogP contribution in [0.2, 0.25) is 5.02 Å². The molecule has 0 spiro atoms. The molecule has 2 aromatic heterocycles. The predicted octanol–water partition coefficient (Wildman–Crippen LogP) is 3.18. The van der Waals surface area contributed by atoms with E-state index in [9.17, 15) is 14.0 Å². The van der Waals surface area contributed by atoms with E-state index in [1.165, 1.54) is 17.8 Å². The van der Waals surface area contributed by atoms with Gasteiger partial charge in [-0.3, -0.25) is 9.59 Å². The third-order valence-electron chi connectivity index (χ3n) is 5.76. The Labute approximate surface area is 200 Å². The summed E-state index contributed by atoms with van der Waals surface area (Å²) in [4.78, 5) is 34.9. The summed E-state index contributed by atoms with van der Waals surface area (Å²) in [5, 5.41) is 6.73. The summed E-state index contributed by atoms with van der Waals surface area (Å²) in [7, 11) is 3.14. The molecular formula is C23H26ClFN6O3. The highest BCUT2D eigenvalue weighted by Crippen LogP contribution is 2.28. The van der Waals surface area contributed by atoms with Gasteiger partial charge in [-0.2, -0.15) is 4.98 Å². The normalized spacial score (nSPS) is 16.2. The van der Waals surface area contributed by atoms with Gasteiger partial charge in [-0.1, -0.05) is 11.6 Å². The third-order valence-corrected chi connectivity index (χ3v) is 6.04. The summed E-state index contributed by atoms with van der Waals surface area (Å²) < 4.78 is 20.6. The number of rotatable bonds is 6. The number of carbonyl (C=O) groups excluding carboxylic acids is 1. The average molecular weight is 489 g/mol. The van der Waals surface area contributed by atoms with Crippen molar-refractivity contribution in [3.63, 3.8) is 0 Å². The van der Waals surface area contributed by atoms with E-state index in [4.69, 9.17) is 16.3 Å². The molecule has 1 amide bonds. The third kappa shape index (κ3) is 5.22. The van der Waals surface area contributed by atoms with Gasteiger partial charge in [0.1, 0.15) is 11.2 Å². The van der Waals surface area contributed by atoms with Crippen LogP contribution in [0.4, 0.5) is 21.8 Å². The number of fused-ring (bicyclic) bond motifs is 1. The first kappa shape index (κ1) is 23.7. The number of alkyl halides is 1. The molecule has 1 unspecified atom stereocenters. The fraction of sp³-hybridized carbons (Fsp3) is 0.391. The lowest BCUT2D eigenvalue weighted by Crippen LogP contribution is -2.27. The van der Waals surface area contributed by atoms with Crippen LogP contribution in [0.3, 0.4) is 0 Å². The zero-order valence-electron chi connectivity index (χ0n) is 19.0. The van der Waals surface area contributed by atoms with Crippen molar-refractivity contribution in [1.82, 2.24) is 19.9 Å². The Hall–Kier alpha value is -3.40. The van der Waals surface area contributed by atoms with Crippen LogP contribution in [0, 0.1) is 0 Å². The van der Waals surface area contributed by atoms with Gasteiger partial charge in [-0.25, -0.2) is 9.37 Å². The van der Waals surface area contributed by atoms with Crippen molar-refractivity contribution in [3.05, 3.63) is 45.8 Å². The quantitative estimate of drug-likeness (QED) is 0.549. The number of likely N-dealkylation sites (N-methyl/N-ethyl adjacent to an activating group) is 1. The molecule has 0 radical (unpaired) electrons. The van der Waals surface area contributed by atoms with E-state index in [-0.39, 0.29) is 23.8 Å². The van der Waals surface area contributed by atoms with Gasteiger partial charge in [0.05, 0.1) is 11.7 Å². The smallest absolute Gasteiger partial charge is 0.293 e. The molecule has 1 aliphatic heterocycles. The number of ether oxygens (including phenoxy) is 1. The van der Waals surface area contributed by atoms with E-state index in [1.807, 2.05) is 17.0 Å². The van der Waals surface area contributed by atoms with Gasteiger partial charge >= 0.3 is 0 Å². The number of aromatic nitrogens is 3. The Morgan fingerprint density at radius 1 is 1.29 bits per heavy atom. The van der Waals surface area contributed by atoms with Crippen LogP contribution in [0.5, 0.6) is 5.75 Å². The maximum atomic E-state index is 13.7. The number of aryl methyl sites for hydroxylation is 1. The van der Waals surface area contributed by atoms with Crippen LogP contribution in [0.1, 0.15) is 19.3 Å². The van der Waals surface area contributed by atoms with Gasteiger partial charge in [-0.15, -0.1) is 0 Å². The largest absolute Gasteiger partial charge is 0.478 e. The molecule has 0 bridgehead atoms. The molecule has 1 atom stereocenters. The lowest BCUT2D eigenvalue weighted by atomic mass is 10.2. The van der Waals surface area contributed by atoms with Gasteiger partial charge in [0.15, 0.2) is 18.2 Å². The molecule has 2 N–H and O–H groups in total. The first-order valence-electron chi connectivity index (χ1n) is 11.0. The highest BCUT2D eigenvalue weighted by atomic mass is 35.5. The number of hydrogen-bond acceptors (Lipinski definition) is 7. The van der Waals surface area contributed by atoms with E-state index in [1.54, 1.807) is 19.2 Å². The van der Waals surface area contributed by atoms with Gasteiger partial charge in [0.25, 0.3) is 11.5 Å². The Bertz CT molecular complexity index is 1270. The second-order valence-electron chi connectivity index (χ2n) is 8.11. The molecule has 3 heterocycles. The van der Waals surface area contributed by atoms with Crippen molar-refractivity contribution in [3.8, 4) is 5.75 Å². The molecule has 1 aromatic carbocycles. The summed E-state index contributed by atoms with van der Waals surface area (Å²) >= 11 is 6.35. The number of pyridine rings is 1. The van der Waals surface area contributed by atoms with Crippen molar-refractivity contribution in [2.24, 2.45) is 7.05 Å². The van der Waals surface area contributed by atoms with Crippen molar-refractivity contribution in [1.29, 1.82) is 0 Å². The lowest BCUT2D eigenvalue weighted by molar-refractivity contribution is -0.122. The zero-order chi connectivity index (χ0) is 24.2. The Kier molecular flexibility index (Phi) is 7.16. The first-order chi connectivity index (χ1) is 16.4. The first-order valence-corrected chi connectivity index (χ1v) is 11.4. The van der Waals surface area contributed by atoms with Crippen LogP contribution < -0.4 is 25.8 Å². The Balaban J connectivity index is 1.61. The van der Waals surface area contributed by atoms with E-state index in [0.29, 0.717) is 53.9 Å². The van der Waals surface area contributed by atoms with E-state index < -0.39 is 6.17 Å². The number of benzene rings is 1. The second kappa shape index (κ2) is 10.3. The topological polar surface area (TPSA) is 101 Å². The van der Waals surface area contributed by atoms with Gasteiger partial charge in [-0.05, 0) is 43.5 Å².